The predicted octanol–water partition coefficient (Wildman–Crippen LogP) is 3.55. The van der Waals surface area contributed by atoms with Crippen LogP contribution >= 0.6 is 34.4 Å². The number of carboxylic acid groups (broad SMARTS) is 1. The van der Waals surface area contributed by atoms with E-state index in [0.717, 1.165) is 16.2 Å². The average molecular weight is 339 g/mol. The molecule has 0 aliphatic heterocycles. The third-order valence-corrected chi connectivity index (χ3v) is 5.64. The van der Waals surface area contributed by atoms with E-state index in [2.05, 4.69) is 15.1 Å². The van der Waals surface area contributed by atoms with Gasteiger partial charge in [-0.25, -0.2) is 9.78 Å². The number of nitrogens with zero attached hydrogens (tertiary/aromatic N) is 3. The van der Waals surface area contributed by atoms with Gasteiger partial charge < -0.3 is 9.63 Å². The summed E-state index contributed by atoms with van der Waals surface area (Å²) in [4.78, 5) is 20.7. The Labute approximate surface area is 131 Å². The van der Waals surface area contributed by atoms with E-state index in [1.165, 1.54) is 11.8 Å². The Bertz CT molecular complexity index is 764. The smallest absolute Gasteiger partial charge is 0.347 e. The molecule has 3 aromatic heterocycles. The van der Waals surface area contributed by atoms with Crippen molar-refractivity contribution in [2.45, 2.75) is 17.0 Å². The molecule has 1 N–H and O–H groups in total. The maximum Gasteiger partial charge on any atom is 0.347 e. The number of hydrogen-bond acceptors (Lipinski definition) is 8. The van der Waals surface area contributed by atoms with Crippen LogP contribution < -0.4 is 0 Å². The van der Waals surface area contributed by atoms with Gasteiger partial charge >= 0.3 is 5.97 Å². The van der Waals surface area contributed by atoms with E-state index in [9.17, 15) is 4.79 Å². The minimum absolute atomic E-state index is 0.266. The number of thiazole rings is 1. The number of aryl methyl sites for hydroxylation is 1. The molecule has 0 saturated heterocycles. The third-order valence-electron chi connectivity index (χ3n) is 2.50. The summed E-state index contributed by atoms with van der Waals surface area (Å²) in [6.45, 7) is 1.69. The average Bonchev–Trinajstić information content (AvgIpc) is 3.16. The highest BCUT2D eigenvalue weighted by Crippen LogP contribution is 2.30. The molecule has 6 nitrogen and oxygen atoms in total. The number of thiophene rings is 1. The second kappa shape index (κ2) is 5.96. The molecule has 0 aliphatic carbocycles. The number of carboxylic acids is 1. The summed E-state index contributed by atoms with van der Waals surface area (Å²) in [5, 5.41) is 14.9. The zero-order chi connectivity index (χ0) is 14.8. The zero-order valence-corrected chi connectivity index (χ0v) is 13.2. The molecule has 0 aliphatic rings. The van der Waals surface area contributed by atoms with Crippen molar-refractivity contribution in [3.8, 4) is 10.7 Å². The molecule has 0 aromatic carbocycles. The predicted molar refractivity (Wildman–Crippen MR) is 81.0 cm³/mol. The molecule has 0 fully saturated rings. The van der Waals surface area contributed by atoms with Gasteiger partial charge in [-0.05, 0) is 18.4 Å². The van der Waals surface area contributed by atoms with E-state index in [-0.39, 0.29) is 4.88 Å². The highest BCUT2D eigenvalue weighted by atomic mass is 32.2. The minimum Gasteiger partial charge on any atom is -0.477 e. The molecule has 9 heteroatoms. The standard InChI is InChI=1S/C12H9N3O3S3/c1-6-9(11(16)17)21-12(13-6)20-5-8-14-10(15-18-8)7-3-2-4-19-7/h2-4H,5H2,1H3,(H,16,17). The Balaban J connectivity index is 1.68. The molecule has 0 bridgehead atoms. The fourth-order valence-electron chi connectivity index (χ4n) is 1.57. The molecule has 0 unspecified atom stereocenters. The molecule has 0 saturated carbocycles. The molecule has 0 atom stereocenters. The van der Waals surface area contributed by atoms with E-state index < -0.39 is 5.97 Å². The summed E-state index contributed by atoms with van der Waals surface area (Å²) < 4.78 is 5.86. The van der Waals surface area contributed by atoms with Crippen molar-refractivity contribution in [1.29, 1.82) is 0 Å². The summed E-state index contributed by atoms with van der Waals surface area (Å²) in [5.41, 5.74) is 0.528. The fourth-order valence-corrected chi connectivity index (χ4v) is 4.09. The van der Waals surface area contributed by atoms with Crippen LogP contribution in [0.15, 0.2) is 26.4 Å². The van der Waals surface area contributed by atoms with Crippen LogP contribution in [-0.2, 0) is 5.75 Å². The molecule has 3 heterocycles. The van der Waals surface area contributed by atoms with Crippen LogP contribution in [0.2, 0.25) is 0 Å². The molecular weight excluding hydrogens is 330 g/mol. The van der Waals surface area contributed by atoms with E-state index in [1.54, 1.807) is 18.3 Å². The first-order valence-corrected chi connectivity index (χ1v) is 8.51. The Kier molecular flexibility index (Phi) is 4.04. The van der Waals surface area contributed by atoms with Crippen molar-refractivity contribution in [3.05, 3.63) is 34.0 Å². The van der Waals surface area contributed by atoms with Crippen LogP contribution in [0, 0.1) is 6.92 Å². The maximum absolute atomic E-state index is 11.0. The first-order valence-electron chi connectivity index (χ1n) is 5.83. The van der Waals surface area contributed by atoms with Crippen molar-refractivity contribution in [2.75, 3.05) is 0 Å². The van der Waals surface area contributed by atoms with Gasteiger partial charge in [0.05, 0.1) is 16.3 Å². The van der Waals surface area contributed by atoms with Gasteiger partial charge in [0, 0.05) is 0 Å². The Morgan fingerprint density at radius 3 is 3.00 bits per heavy atom. The van der Waals surface area contributed by atoms with Crippen LogP contribution in [0.1, 0.15) is 21.3 Å². The Hall–Kier alpha value is -1.71. The van der Waals surface area contributed by atoms with Crippen molar-refractivity contribution >= 4 is 40.4 Å². The molecule has 108 valence electrons. The van der Waals surface area contributed by atoms with Gasteiger partial charge in [-0.2, -0.15) is 4.98 Å². The number of carbonyl (C=O) groups is 1. The second-order valence-electron chi connectivity index (χ2n) is 3.98. The second-order valence-corrected chi connectivity index (χ2v) is 7.15. The Morgan fingerprint density at radius 2 is 2.33 bits per heavy atom. The highest BCUT2D eigenvalue weighted by Gasteiger charge is 2.15. The molecular formula is C12H9N3O3S3. The summed E-state index contributed by atoms with van der Waals surface area (Å²) in [7, 11) is 0. The van der Waals surface area contributed by atoms with Crippen LogP contribution in [0.5, 0.6) is 0 Å². The number of aromatic carboxylic acids is 1. The quantitative estimate of drug-likeness (QED) is 0.711. The summed E-state index contributed by atoms with van der Waals surface area (Å²) >= 11 is 4.09. The van der Waals surface area contributed by atoms with Crippen LogP contribution in [-0.4, -0.2) is 26.2 Å². The molecule has 0 spiro atoms. The lowest BCUT2D eigenvalue weighted by Crippen LogP contribution is -1.94. The summed E-state index contributed by atoms with van der Waals surface area (Å²) in [5.74, 6) is 0.578. The third kappa shape index (κ3) is 3.14. The SMILES string of the molecule is Cc1nc(SCc2nc(-c3cccs3)no2)sc1C(=O)O. The van der Waals surface area contributed by atoms with Crippen LogP contribution in [0.3, 0.4) is 0 Å². The van der Waals surface area contributed by atoms with Gasteiger partial charge in [0.1, 0.15) is 4.88 Å². The number of rotatable bonds is 5. The van der Waals surface area contributed by atoms with E-state index >= 15 is 0 Å². The fraction of sp³-hybridized carbons (Fsp3) is 0.167. The van der Waals surface area contributed by atoms with E-state index in [1.807, 2.05) is 17.5 Å². The van der Waals surface area contributed by atoms with Gasteiger partial charge in [0.2, 0.25) is 11.7 Å². The zero-order valence-electron chi connectivity index (χ0n) is 10.8. The monoisotopic (exact) mass is 339 g/mol. The molecule has 21 heavy (non-hydrogen) atoms. The van der Waals surface area contributed by atoms with Gasteiger partial charge in [0.25, 0.3) is 0 Å². The van der Waals surface area contributed by atoms with Crippen molar-refractivity contribution in [1.82, 2.24) is 15.1 Å². The van der Waals surface area contributed by atoms with Crippen LogP contribution in [0.4, 0.5) is 0 Å². The first-order chi connectivity index (χ1) is 10.1. The lowest BCUT2D eigenvalue weighted by molar-refractivity contribution is 0.0701. The number of aromatic nitrogens is 3. The minimum atomic E-state index is -0.949. The van der Waals surface area contributed by atoms with Crippen molar-refractivity contribution in [3.63, 3.8) is 0 Å². The first kappa shape index (κ1) is 14.2. The molecule has 3 aromatic rings. The van der Waals surface area contributed by atoms with Crippen molar-refractivity contribution < 1.29 is 14.4 Å². The van der Waals surface area contributed by atoms with Crippen LogP contribution in [0.25, 0.3) is 10.7 Å². The Morgan fingerprint density at radius 1 is 1.48 bits per heavy atom. The highest BCUT2D eigenvalue weighted by molar-refractivity contribution is 8.00. The summed E-state index contributed by atoms with van der Waals surface area (Å²) in [6.07, 6.45) is 0. The lowest BCUT2D eigenvalue weighted by Gasteiger charge is -1.90. The van der Waals surface area contributed by atoms with Gasteiger partial charge in [-0.1, -0.05) is 23.0 Å². The summed E-state index contributed by atoms with van der Waals surface area (Å²) in [6, 6.07) is 3.85. The topological polar surface area (TPSA) is 89.1 Å². The number of thioether (sulfide) groups is 1. The van der Waals surface area contributed by atoms with Gasteiger partial charge in [-0.3, -0.25) is 0 Å². The molecule has 3 rings (SSSR count). The number of hydrogen-bond donors (Lipinski definition) is 1. The maximum atomic E-state index is 11.0. The van der Waals surface area contributed by atoms with Crippen molar-refractivity contribution in [2.24, 2.45) is 0 Å². The van der Waals surface area contributed by atoms with Gasteiger partial charge in [-0.15, -0.1) is 22.7 Å². The molecule has 0 radical (unpaired) electrons. The van der Waals surface area contributed by atoms with Gasteiger partial charge in [0.15, 0.2) is 4.34 Å². The largest absolute Gasteiger partial charge is 0.477 e. The lowest BCUT2D eigenvalue weighted by atomic mass is 10.4. The van der Waals surface area contributed by atoms with E-state index in [4.69, 9.17) is 9.63 Å². The normalized spacial score (nSPS) is 10.9. The molecule has 0 amide bonds. The van der Waals surface area contributed by atoms with E-state index in [0.29, 0.717) is 27.5 Å².